The molecule has 0 bridgehead atoms. The lowest BCUT2D eigenvalue weighted by atomic mass is 9.98. The summed E-state index contributed by atoms with van der Waals surface area (Å²) in [7, 11) is 0. The highest BCUT2D eigenvalue weighted by Gasteiger charge is 2.25. The number of benzene rings is 1. The number of amides is 1. The van der Waals surface area contributed by atoms with E-state index < -0.39 is 0 Å². The van der Waals surface area contributed by atoms with Crippen LogP contribution in [-0.4, -0.2) is 29.9 Å². The number of nitrogens with zero attached hydrogens (tertiary/aromatic N) is 1. The third-order valence-electron chi connectivity index (χ3n) is 4.22. The van der Waals surface area contributed by atoms with Gasteiger partial charge < -0.3 is 11.1 Å². The zero-order valence-electron chi connectivity index (χ0n) is 13.4. The van der Waals surface area contributed by atoms with Gasteiger partial charge in [-0.15, -0.1) is 0 Å². The van der Waals surface area contributed by atoms with Crippen molar-refractivity contribution in [3.63, 3.8) is 0 Å². The van der Waals surface area contributed by atoms with Crippen LogP contribution in [0.3, 0.4) is 0 Å². The molecule has 3 N–H and O–H groups in total. The molecule has 1 heterocycles. The van der Waals surface area contributed by atoms with Crippen LogP contribution in [0.5, 0.6) is 0 Å². The van der Waals surface area contributed by atoms with Crippen molar-refractivity contribution in [2.24, 2.45) is 5.92 Å². The molecule has 1 aliphatic heterocycles. The molecule has 0 aromatic heterocycles. The zero-order chi connectivity index (χ0) is 15.4. The maximum Gasteiger partial charge on any atom is 0.237 e. The Kier molecular flexibility index (Phi) is 5.23. The number of carbonyl (C=O) groups is 1. The van der Waals surface area contributed by atoms with Crippen LogP contribution < -0.4 is 11.1 Å². The second-order valence-corrected chi connectivity index (χ2v) is 6.40. The molecule has 116 valence electrons. The van der Waals surface area contributed by atoms with Crippen LogP contribution in [0.2, 0.25) is 0 Å². The van der Waals surface area contributed by atoms with Gasteiger partial charge in [-0.1, -0.05) is 19.9 Å². The fourth-order valence-corrected chi connectivity index (χ4v) is 2.73. The van der Waals surface area contributed by atoms with Gasteiger partial charge in [-0.25, -0.2) is 0 Å². The minimum absolute atomic E-state index is 0.0910. The Morgan fingerprint density at radius 1 is 1.33 bits per heavy atom. The number of nitrogens with one attached hydrogen (secondary N) is 1. The number of rotatable bonds is 5. The summed E-state index contributed by atoms with van der Waals surface area (Å²) in [4.78, 5) is 14.5. The molecule has 0 aliphatic carbocycles. The van der Waals surface area contributed by atoms with E-state index in [0.29, 0.717) is 5.92 Å². The molecule has 0 spiro atoms. The van der Waals surface area contributed by atoms with Gasteiger partial charge in [0.1, 0.15) is 0 Å². The summed E-state index contributed by atoms with van der Waals surface area (Å²) in [6.45, 7) is 8.82. The van der Waals surface area contributed by atoms with Gasteiger partial charge in [0.2, 0.25) is 5.91 Å². The second kappa shape index (κ2) is 6.94. The molecular formula is C17H27N3O. The standard InChI is InChI=1S/C17H27N3O/c1-12(2)6-8-19-17(21)13(3)20-9-7-14-4-5-16(18)10-15(14)11-20/h4-5,10,12-13H,6-9,11,18H2,1-3H3,(H,19,21). The highest BCUT2D eigenvalue weighted by Crippen LogP contribution is 2.22. The number of nitrogen functional groups attached to an aromatic ring is 1. The van der Waals surface area contributed by atoms with E-state index in [1.807, 2.05) is 19.1 Å². The summed E-state index contributed by atoms with van der Waals surface area (Å²) >= 11 is 0. The van der Waals surface area contributed by atoms with E-state index >= 15 is 0 Å². The van der Waals surface area contributed by atoms with Gasteiger partial charge in [-0.2, -0.15) is 0 Å². The number of hydrogen-bond donors (Lipinski definition) is 2. The van der Waals surface area contributed by atoms with Crippen LogP contribution in [0.15, 0.2) is 18.2 Å². The van der Waals surface area contributed by atoms with Crippen molar-refractivity contribution >= 4 is 11.6 Å². The van der Waals surface area contributed by atoms with Crippen LogP contribution in [0.4, 0.5) is 5.69 Å². The largest absolute Gasteiger partial charge is 0.399 e. The smallest absolute Gasteiger partial charge is 0.237 e. The molecule has 1 aromatic carbocycles. The molecule has 1 aromatic rings. The average Bonchev–Trinajstić information content (AvgIpc) is 2.45. The summed E-state index contributed by atoms with van der Waals surface area (Å²) in [6.07, 6.45) is 2.01. The van der Waals surface area contributed by atoms with Gasteiger partial charge in [0.25, 0.3) is 0 Å². The molecule has 0 saturated heterocycles. The summed E-state index contributed by atoms with van der Waals surface area (Å²) in [6, 6.07) is 6.00. The van der Waals surface area contributed by atoms with Gasteiger partial charge in [0.05, 0.1) is 6.04 Å². The van der Waals surface area contributed by atoms with Crippen LogP contribution >= 0.6 is 0 Å². The van der Waals surface area contributed by atoms with E-state index in [9.17, 15) is 4.79 Å². The van der Waals surface area contributed by atoms with Crippen LogP contribution in [-0.2, 0) is 17.8 Å². The van der Waals surface area contributed by atoms with Crippen molar-refractivity contribution in [3.8, 4) is 0 Å². The monoisotopic (exact) mass is 289 g/mol. The lowest BCUT2D eigenvalue weighted by Crippen LogP contribution is -2.47. The summed E-state index contributed by atoms with van der Waals surface area (Å²) in [5, 5.41) is 3.04. The van der Waals surface area contributed by atoms with Crippen molar-refractivity contribution in [3.05, 3.63) is 29.3 Å². The first-order valence-corrected chi connectivity index (χ1v) is 7.86. The molecule has 1 unspecified atom stereocenters. The van der Waals surface area contributed by atoms with Crippen molar-refractivity contribution in [2.45, 2.75) is 46.2 Å². The van der Waals surface area contributed by atoms with Crippen molar-refractivity contribution in [1.29, 1.82) is 0 Å². The van der Waals surface area contributed by atoms with Crippen LogP contribution in [0.25, 0.3) is 0 Å². The van der Waals surface area contributed by atoms with Crippen molar-refractivity contribution < 1.29 is 4.79 Å². The Hall–Kier alpha value is -1.55. The lowest BCUT2D eigenvalue weighted by molar-refractivity contribution is -0.126. The third-order valence-corrected chi connectivity index (χ3v) is 4.22. The zero-order valence-corrected chi connectivity index (χ0v) is 13.4. The van der Waals surface area contributed by atoms with Gasteiger partial charge in [-0.3, -0.25) is 9.69 Å². The van der Waals surface area contributed by atoms with Crippen molar-refractivity contribution in [2.75, 3.05) is 18.8 Å². The molecule has 0 fully saturated rings. The number of anilines is 1. The third kappa shape index (κ3) is 4.21. The Bertz CT molecular complexity index is 499. The number of nitrogens with two attached hydrogens (primary N) is 1. The van der Waals surface area contributed by atoms with E-state index in [2.05, 4.69) is 30.1 Å². The Balaban J connectivity index is 1.92. The predicted molar refractivity (Wildman–Crippen MR) is 86.9 cm³/mol. The first-order valence-electron chi connectivity index (χ1n) is 7.86. The van der Waals surface area contributed by atoms with E-state index in [-0.39, 0.29) is 11.9 Å². The summed E-state index contributed by atoms with van der Waals surface area (Å²) in [5.74, 6) is 0.744. The second-order valence-electron chi connectivity index (χ2n) is 6.40. The molecule has 1 atom stereocenters. The minimum atomic E-state index is -0.0910. The number of carbonyl (C=O) groups excluding carboxylic acids is 1. The molecule has 1 aliphatic rings. The van der Waals surface area contributed by atoms with E-state index in [0.717, 1.165) is 38.2 Å². The quantitative estimate of drug-likeness (QED) is 0.817. The maximum absolute atomic E-state index is 12.2. The Morgan fingerprint density at radius 2 is 2.10 bits per heavy atom. The van der Waals surface area contributed by atoms with E-state index in [1.165, 1.54) is 11.1 Å². The topological polar surface area (TPSA) is 58.4 Å². The van der Waals surface area contributed by atoms with E-state index in [4.69, 9.17) is 5.73 Å². The molecule has 0 saturated carbocycles. The average molecular weight is 289 g/mol. The minimum Gasteiger partial charge on any atom is -0.399 e. The Labute approximate surface area is 127 Å². The van der Waals surface area contributed by atoms with Gasteiger partial charge in [-0.05, 0) is 48.9 Å². The number of hydrogen-bond acceptors (Lipinski definition) is 3. The lowest BCUT2D eigenvalue weighted by Gasteiger charge is -2.33. The van der Waals surface area contributed by atoms with Gasteiger partial charge in [0, 0.05) is 25.3 Å². The molecular weight excluding hydrogens is 262 g/mol. The maximum atomic E-state index is 12.2. The first-order chi connectivity index (χ1) is 9.97. The molecule has 2 rings (SSSR count). The van der Waals surface area contributed by atoms with Gasteiger partial charge in [0.15, 0.2) is 0 Å². The number of fused-ring (bicyclic) bond motifs is 1. The first kappa shape index (κ1) is 15.8. The van der Waals surface area contributed by atoms with Crippen molar-refractivity contribution in [1.82, 2.24) is 10.2 Å². The highest BCUT2D eigenvalue weighted by atomic mass is 16.2. The van der Waals surface area contributed by atoms with Crippen LogP contribution in [0, 0.1) is 5.92 Å². The summed E-state index contributed by atoms with van der Waals surface area (Å²) in [5.41, 5.74) is 9.26. The molecule has 21 heavy (non-hydrogen) atoms. The SMILES string of the molecule is CC(C)CCNC(=O)C(C)N1CCc2ccc(N)cc2C1. The fraction of sp³-hybridized carbons (Fsp3) is 0.588. The summed E-state index contributed by atoms with van der Waals surface area (Å²) < 4.78 is 0. The highest BCUT2D eigenvalue weighted by molar-refractivity contribution is 5.81. The van der Waals surface area contributed by atoms with Crippen LogP contribution in [0.1, 0.15) is 38.3 Å². The molecule has 4 heteroatoms. The predicted octanol–water partition coefficient (Wildman–Crippen LogP) is 2.18. The van der Waals surface area contributed by atoms with Gasteiger partial charge >= 0.3 is 0 Å². The molecule has 0 radical (unpaired) electrons. The molecule has 4 nitrogen and oxygen atoms in total. The fourth-order valence-electron chi connectivity index (χ4n) is 2.73. The molecule has 1 amide bonds. The normalized spacial score (nSPS) is 16.6. The van der Waals surface area contributed by atoms with E-state index in [1.54, 1.807) is 0 Å². The Morgan fingerprint density at radius 3 is 2.81 bits per heavy atom.